The molecule has 0 spiro atoms. The third-order valence-corrected chi connectivity index (χ3v) is 4.89. The summed E-state index contributed by atoms with van der Waals surface area (Å²) in [7, 11) is -5.03. The molecule has 0 amide bonds. The minimum atomic E-state index is -5.03. The second kappa shape index (κ2) is 10.5. The van der Waals surface area contributed by atoms with E-state index < -0.39 is 44.4 Å². The number of ether oxygens (including phenoxy) is 1. The van der Waals surface area contributed by atoms with E-state index in [2.05, 4.69) is 10.3 Å². The van der Waals surface area contributed by atoms with Gasteiger partial charge >= 0.3 is 59.1 Å². The van der Waals surface area contributed by atoms with Gasteiger partial charge in [0.15, 0.2) is 6.23 Å². The summed E-state index contributed by atoms with van der Waals surface area (Å²) in [4.78, 5) is 21.6. The number of benzene rings is 1. The molecule has 28 heavy (non-hydrogen) atoms. The Labute approximate surface area is 204 Å². The first-order valence-electron chi connectivity index (χ1n) is 7.65. The number of aromatic nitrogens is 3. The third-order valence-electron chi connectivity index (χ3n) is 4.07. The molecule has 1 aliphatic rings. The van der Waals surface area contributed by atoms with Crippen LogP contribution in [0.5, 0.6) is 0 Å². The fourth-order valence-electron chi connectivity index (χ4n) is 2.81. The molecule has 0 aliphatic carbocycles. The van der Waals surface area contributed by atoms with Gasteiger partial charge in [0, 0.05) is 17.4 Å². The van der Waals surface area contributed by atoms with E-state index in [0.717, 1.165) is 4.68 Å². The van der Waals surface area contributed by atoms with Gasteiger partial charge in [-0.1, -0.05) is 31.0 Å². The number of aliphatic hydroxyl groups excluding tert-OH is 3. The van der Waals surface area contributed by atoms with Crippen LogP contribution in [0, 0.1) is 0 Å². The number of nitrogens with zero attached hydrogens (tertiary/aromatic N) is 3. The van der Waals surface area contributed by atoms with Crippen LogP contribution in [0.3, 0.4) is 0 Å². The molecule has 0 bridgehead atoms. The average molecular weight is 430 g/mol. The van der Waals surface area contributed by atoms with E-state index in [9.17, 15) is 29.7 Å². The Morgan fingerprint density at radius 3 is 2.50 bits per heavy atom. The quantitative estimate of drug-likeness (QED) is 0.201. The van der Waals surface area contributed by atoms with Crippen molar-refractivity contribution >= 4 is 13.3 Å². The summed E-state index contributed by atoms with van der Waals surface area (Å²) in [5.41, 5.74) is 7.32. The number of rotatable bonds is 5. The van der Waals surface area contributed by atoms with E-state index in [1.807, 2.05) is 0 Å². The zero-order valence-electron chi connectivity index (χ0n) is 15.3. The number of aliphatic hydroxyl groups is 3. The van der Waals surface area contributed by atoms with Crippen LogP contribution in [0.1, 0.15) is 6.23 Å². The zero-order valence-corrected chi connectivity index (χ0v) is 20.2. The molecule has 1 aromatic carbocycles. The van der Waals surface area contributed by atoms with Crippen molar-refractivity contribution in [3.8, 4) is 11.3 Å². The molecule has 14 heteroatoms. The minimum absolute atomic E-state index is 0. The van der Waals surface area contributed by atoms with E-state index in [1.54, 1.807) is 24.3 Å². The van der Waals surface area contributed by atoms with Crippen molar-refractivity contribution in [3.63, 3.8) is 0 Å². The average Bonchev–Trinajstić information content (AvgIpc) is 3.13. The second-order valence-electron chi connectivity index (χ2n) is 6.00. The zero-order chi connectivity index (χ0) is 19.1. The van der Waals surface area contributed by atoms with Crippen molar-refractivity contribution in [1.29, 1.82) is 0 Å². The normalized spacial score (nSPS) is 25.6. The molecule has 5 atom stereocenters. The van der Waals surface area contributed by atoms with Crippen molar-refractivity contribution in [2.45, 2.75) is 30.6 Å². The SMILES string of the molecule is Nc1ccccc1-c1cn([C@@H]2O[C@H]([C@H](O)CP(=O)([O-])[O-])[C@@H](O)[C@H]2O)nn1.[Na+].[Na+]. The minimum Gasteiger partial charge on any atom is -0.811 e. The van der Waals surface area contributed by atoms with Crippen molar-refractivity contribution in [1.82, 2.24) is 15.0 Å². The summed E-state index contributed by atoms with van der Waals surface area (Å²) in [6.45, 7) is 0. The summed E-state index contributed by atoms with van der Waals surface area (Å²) in [6.07, 6.45) is -7.33. The van der Waals surface area contributed by atoms with Crippen LogP contribution in [0.2, 0.25) is 0 Å². The third kappa shape index (κ3) is 5.86. The molecule has 2 heterocycles. The number of hydrogen-bond acceptors (Lipinski definition) is 10. The van der Waals surface area contributed by atoms with Gasteiger partial charge in [-0.2, -0.15) is 0 Å². The molecule has 3 rings (SSSR count). The van der Waals surface area contributed by atoms with E-state index in [4.69, 9.17) is 10.5 Å². The molecule has 0 unspecified atom stereocenters. The van der Waals surface area contributed by atoms with Crippen LogP contribution < -0.4 is 74.6 Å². The largest absolute Gasteiger partial charge is 1.00 e. The van der Waals surface area contributed by atoms with Gasteiger partial charge in [0.1, 0.15) is 24.0 Å². The number of nitrogens with two attached hydrogens (primary N) is 1. The van der Waals surface area contributed by atoms with Gasteiger partial charge in [-0.15, -0.1) is 5.10 Å². The molecule has 1 fully saturated rings. The molecule has 2 aromatic rings. The summed E-state index contributed by atoms with van der Waals surface area (Å²) in [6, 6.07) is 6.90. The van der Waals surface area contributed by atoms with Crippen molar-refractivity contribution in [3.05, 3.63) is 30.5 Å². The predicted molar refractivity (Wildman–Crippen MR) is 84.3 cm³/mol. The van der Waals surface area contributed by atoms with Gasteiger partial charge in [0.05, 0.1) is 12.3 Å². The van der Waals surface area contributed by atoms with Crippen molar-refractivity contribution in [2.75, 3.05) is 11.9 Å². The number of nitrogen functional groups attached to an aromatic ring is 1. The molecule has 5 N–H and O–H groups in total. The molecule has 0 saturated carbocycles. The fraction of sp³-hybridized carbons (Fsp3) is 0.429. The molecule has 1 saturated heterocycles. The van der Waals surface area contributed by atoms with E-state index in [-0.39, 0.29) is 59.1 Å². The standard InChI is InChI=1S/C14H19N4O7P.2Na/c15-8-4-2-1-3-7(8)9-5-18(17-16-9)14-12(21)11(20)13(25-14)10(19)6-26(22,23)24;;/h1-5,10-14,19-21H,6,15H2,(H2,22,23,24);;/q;2*+1/p-2/t10-,11+,12-,13-,14-;;/m1../s1. The van der Waals surface area contributed by atoms with E-state index >= 15 is 0 Å². The Hall–Kier alpha value is 0.150. The van der Waals surface area contributed by atoms with Crippen LogP contribution in [0.25, 0.3) is 11.3 Å². The molecule has 11 nitrogen and oxygen atoms in total. The van der Waals surface area contributed by atoms with Crippen LogP contribution in [-0.2, 0) is 9.30 Å². The van der Waals surface area contributed by atoms with Gasteiger partial charge in [-0.3, -0.25) is 0 Å². The summed E-state index contributed by atoms with van der Waals surface area (Å²) < 4.78 is 17.3. The summed E-state index contributed by atoms with van der Waals surface area (Å²) >= 11 is 0. The van der Waals surface area contributed by atoms with Crippen LogP contribution in [-0.4, -0.2) is 60.9 Å². The van der Waals surface area contributed by atoms with Crippen LogP contribution in [0.4, 0.5) is 5.69 Å². The first-order valence-corrected chi connectivity index (χ1v) is 9.37. The van der Waals surface area contributed by atoms with E-state index in [1.165, 1.54) is 6.20 Å². The van der Waals surface area contributed by atoms with Gasteiger partial charge < -0.3 is 40.1 Å². The Balaban J connectivity index is 0.00000196. The molecule has 0 radical (unpaired) electrons. The van der Waals surface area contributed by atoms with Gasteiger partial charge in [-0.25, -0.2) is 4.68 Å². The molecule has 1 aromatic heterocycles. The molecular formula is C14H17N4Na2O7P. The second-order valence-corrected chi connectivity index (χ2v) is 7.59. The maximum atomic E-state index is 10.8. The number of anilines is 1. The van der Waals surface area contributed by atoms with Gasteiger partial charge in [0.2, 0.25) is 0 Å². The molecule has 142 valence electrons. The molecule has 1 aliphatic heterocycles. The van der Waals surface area contributed by atoms with Crippen molar-refractivity contribution in [2.24, 2.45) is 0 Å². The maximum absolute atomic E-state index is 10.8. The number of hydrogen-bond donors (Lipinski definition) is 4. The fourth-order valence-corrected chi connectivity index (χ4v) is 3.48. The Kier molecular flexibility index (Phi) is 9.77. The first-order chi connectivity index (χ1) is 12.2. The topological polar surface area (TPSA) is 190 Å². The monoisotopic (exact) mass is 430 g/mol. The van der Waals surface area contributed by atoms with Crippen LogP contribution >= 0.6 is 7.60 Å². The Morgan fingerprint density at radius 2 is 1.89 bits per heavy atom. The van der Waals surface area contributed by atoms with Crippen LogP contribution in [0.15, 0.2) is 30.5 Å². The van der Waals surface area contributed by atoms with Gasteiger partial charge in [-0.05, 0) is 6.07 Å². The predicted octanol–water partition coefficient (Wildman–Crippen LogP) is -8.57. The first kappa shape index (κ1) is 26.2. The summed E-state index contributed by atoms with van der Waals surface area (Å²) in [5.74, 6) is 0. The Bertz CT molecular complexity index is 836. The smallest absolute Gasteiger partial charge is 0.811 e. The summed E-state index contributed by atoms with van der Waals surface area (Å²) in [5, 5.41) is 37.7. The van der Waals surface area contributed by atoms with Crippen molar-refractivity contribution < 1.29 is 93.5 Å². The number of para-hydroxylation sites is 1. The Morgan fingerprint density at radius 1 is 1.25 bits per heavy atom. The maximum Gasteiger partial charge on any atom is 1.00 e. The van der Waals surface area contributed by atoms with Gasteiger partial charge in [0.25, 0.3) is 0 Å². The van der Waals surface area contributed by atoms with E-state index in [0.29, 0.717) is 16.9 Å². The molecular weight excluding hydrogens is 413 g/mol.